The number of piperidine rings is 3. The van der Waals surface area contributed by atoms with Crippen LogP contribution < -0.4 is 10.1 Å². The van der Waals surface area contributed by atoms with Crippen molar-refractivity contribution >= 4 is 0 Å². The number of aryl methyl sites for hydroxylation is 1. The van der Waals surface area contributed by atoms with E-state index >= 15 is 0 Å². The highest BCUT2D eigenvalue weighted by Gasteiger charge is 2.34. The summed E-state index contributed by atoms with van der Waals surface area (Å²) in [6, 6.07) is 9.79. The van der Waals surface area contributed by atoms with Crippen molar-refractivity contribution in [3.05, 3.63) is 29.8 Å². The molecule has 2 atom stereocenters. The fourth-order valence-electron chi connectivity index (χ4n) is 3.78. The number of benzene rings is 1. The fourth-order valence-corrected chi connectivity index (χ4v) is 3.78. The van der Waals surface area contributed by atoms with Crippen molar-refractivity contribution in [1.29, 1.82) is 0 Å². The van der Waals surface area contributed by atoms with Crippen molar-refractivity contribution in [3.63, 3.8) is 0 Å². The molecule has 3 heteroatoms. The highest BCUT2D eigenvalue weighted by molar-refractivity contribution is 5.27. The molecule has 116 valence electrons. The Morgan fingerprint density at radius 2 is 1.95 bits per heavy atom. The van der Waals surface area contributed by atoms with Gasteiger partial charge in [-0.25, -0.2) is 0 Å². The molecular formula is C18H28N2O. The van der Waals surface area contributed by atoms with Crippen LogP contribution in [0.25, 0.3) is 0 Å². The summed E-state index contributed by atoms with van der Waals surface area (Å²) >= 11 is 0. The highest BCUT2D eigenvalue weighted by Crippen LogP contribution is 2.28. The first-order valence-electron chi connectivity index (χ1n) is 8.36. The minimum Gasteiger partial charge on any atom is -0.497 e. The summed E-state index contributed by atoms with van der Waals surface area (Å²) in [5.41, 5.74) is 1.40. The number of methoxy groups -OCH3 is 1. The average Bonchev–Trinajstić information content (AvgIpc) is 2.54. The summed E-state index contributed by atoms with van der Waals surface area (Å²) in [4.78, 5) is 2.62. The standard InChI is InChI=1S/C18H28N2O/c1-14(3-4-15-5-7-17(21-2)8-6-15)19-18-13-20-11-9-16(18)10-12-20/h5-8,14,16,18-19H,3-4,9-13H2,1-2H3. The molecule has 1 aromatic rings. The third-order valence-electron chi connectivity index (χ3n) is 5.18. The van der Waals surface area contributed by atoms with Gasteiger partial charge in [-0.2, -0.15) is 0 Å². The van der Waals surface area contributed by atoms with Gasteiger partial charge in [-0.3, -0.25) is 0 Å². The maximum Gasteiger partial charge on any atom is 0.118 e. The van der Waals surface area contributed by atoms with Gasteiger partial charge in [-0.1, -0.05) is 12.1 Å². The Morgan fingerprint density at radius 1 is 1.24 bits per heavy atom. The molecule has 3 aliphatic rings. The Balaban J connectivity index is 1.44. The quantitative estimate of drug-likeness (QED) is 0.871. The van der Waals surface area contributed by atoms with E-state index in [0.29, 0.717) is 6.04 Å². The fraction of sp³-hybridized carbons (Fsp3) is 0.667. The van der Waals surface area contributed by atoms with Gasteiger partial charge in [-0.15, -0.1) is 0 Å². The molecule has 0 aromatic heterocycles. The zero-order valence-corrected chi connectivity index (χ0v) is 13.3. The van der Waals surface area contributed by atoms with Crippen molar-refractivity contribution in [1.82, 2.24) is 10.2 Å². The van der Waals surface area contributed by atoms with E-state index in [-0.39, 0.29) is 0 Å². The Kier molecular flexibility index (Phi) is 4.81. The van der Waals surface area contributed by atoms with Crippen LogP contribution in [0.15, 0.2) is 24.3 Å². The van der Waals surface area contributed by atoms with Gasteiger partial charge in [0.1, 0.15) is 5.75 Å². The molecule has 3 nitrogen and oxygen atoms in total. The van der Waals surface area contributed by atoms with Gasteiger partial charge in [0.25, 0.3) is 0 Å². The van der Waals surface area contributed by atoms with Gasteiger partial charge in [0.15, 0.2) is 0 Å². The van der Waals surface area contributed by atoms with Gasteiger partial charge >= 0.3 is 0 Å². The predicted octanol–water partition coefficient (Wildman–Crippen LogP) is 2.70. The van der Waals surface area contributed by atoms with Crippen LogP contribution in [0, 0.1) is 5.92 Å². The second kappa shape index (κ2) is 6.80. The summed E-state index contributed by atoms with van der Waals surface area (Å²) in [5.74, 6) is 1.86. The first-order valence-corrected chi connectivity index (χ1v) is 8.36. The van der Waals surface area contributed by atoms with Gasteiger partial charge in [0.2, 0.25) is 0 Å². The number of rotatable bonds is 6. The Labute approximate surface area is 128 Å². The molecule has 2 bridgehead atoms. The molecule has 3 heterocycles. The zero-order valence-electron chi connectivity index (χ0n) is 13.3. The van der Waals surface area contributed by atoms with Gasteiger partial charge in [0.05, 0.1) is 7.11 Å². The van der Waals surface area contributed by atoms with Crippen LogP contribution in [0.5, 0.6) is 5.75 Å². The number of nitrogens with one attached hydrogen (secondary N) is 1. The van der Waals surface area contributed by atoms with Crippen LogP contribution >= 0.6 is 0 Å². The Hall–Kier alpha value is -1.06. The molecule has 0 spiro atoms. The lowest BCUT2D eigenvalue weighted by Gasteiger charge is -2.46. The van der Waals surface area contributed by atoms with Crippen molar-refractivity contribution in [2.45, 2.75) is 44.7 Å². The minimum atomic E-state index is 0.595. The average molecular weight is 288 g/mol. The van der Waals surface area contributed by atoms with E-state index in [0.717, 1.165) is 24.1 Å². The van der Waals surface area contributed by atoms with E-state index in [1.807, 2.05) is 0 Å². The van der Waals surface area contributed by atoms with Crippen LogP contribution in [0.2, 0.25) is 0 Å². The molecule has 2 unspecified atom stereocenters. The topological polar surface area (TPSA) is 24.5 Å². The number of hydrogen-bond donors (Lipinski definition) is 1. The third kappa shape index (κ3) is 3.78. The van der Waals surface area contributed by atoms with Gasteiger partial charge in [0, 0.05) is 18.6 Å². The second-order valence-corrected chi connectivity index (χ2v) is 6.70. The molecule has 3 saturated heterocycles. The molecule has 3 fully saturated rings. The molecular weight excluding hydrogens is 260 g/mol. The van der Waals surface area contributed by atoms with Crippen LogP contribution in [0.1, 0.15) is 31.7 Å². The molecule has 1 aromatic carbocycles. The molecule has 3 aliphatic heterocycles. The first-order chi connectivity index (χ1) is 10.2. The van der Waals surface area contributed by atoms with Crippen LogP contribution in [0.4, 0.5) is 0 Å². The molecule has 0 radical (unpaired) electrons. The molecule has 0 amide bonds. The summed E-state index contributed by atoms with van der Waals surface area (Å²) < 4.78 is 5.21. The lowest BCUT2D eigenvalue weighted by molar-refractivity contribution is 0.0675. The molecule has 0 aliphatic carbocycles. The van der Waals surface area contributed by atoms with Crippen molar-refractivity contribution in [2.24, 2.45) is 5.92 Å². The molecule has 1 N–H and O–H groups in total. The lowest BCUT2D eigenvalue weighted by atomic mass is 9.83. The second-order valence-electron chi connectivity index (χ2n) is 6.70. The summed E-state index contributed by atoms with van der Waals surface area (Å²) in [7, 11) is 1.72. The third-order valence-corrected chi connectivity index (χ3v) is 5.18. The van der Waals surface area contributed by atoms with Crippen molar-refractivity contribution in [2.75, 3.05) is 26.7 Å². The molecule has 0 saturated carbocycles. The van der Waals surface area contributed by atoms with Crippen LogP contribution in [-0.2, 0) is 6.42 Å². The summed E-state index contributed by atoms with van der Waals surface area (Å²) in [5, 5.41) is 3.88. The first kappa shape index (κ1) is 14.9. The van der Waals surface area contributed by atoms with E-state index in [9.17, 15) is 0 Å². The zero-order chi connectivity index (χ0) is 14.7. The maximum atomic E-state index is 5.21. The lowest BCUT2D eigenvalue weighted by Crippen LogP contribution is -2.57. The van der Waals surface area contributed by atoms with Crippen LogP contribution in [-0.4, -0.2) is 43.7 Å². The number of hydrogen-bond acceptors (Lipinski definition) is 3. The number of nitrogens with zero attached hydrogens (tertiary/aromatic N) is 1. The smallest absolute Gasteiger partial charge is 0.118 e. The Bertz CT molecular complexity index is 437. The normalized spacial score (nSPS) is 29.3. The Morgan fingerprint density at radius 3 is 2.52 bits per heavy atom. The SMILES string of the molecule is COc1ccc(CCC(C)NC2CN3CCC2CC3)cc1. The monoisotopic (exact) mass is 288 g/mol. The number of ether oxygens (including phenoxy) is 1. The van der Waals surface area contributed by atoms with E-state index in [4.69, 9.17) is 4.74 Å². The van der Waals surface area contributed by atoms with Gasteiger partial charge in [-0.05, 0) is 69.3 Å². The minimum absolute atomic E-state index is 0.595. The maximum absolute atomic E-state index is 5.21. The van der Waals surface area contributed by atoms with Crippen molar-refractivity contribution < 1.29 is 4.74 Å². The van der Waals surface area contributed by atoms with Crippen LogP contribution in [0.3, 0.4) is 0 Å². The van der Waals surface area contributed by atoms with Gasteiger partial charge < -0.3 is 15.0 Å². The number of fused-ring (bicyclic) bond motifs is 3. The molecule has 4 rings (SSSR count). The van der Waals surface area contributed by atoms with Crippen molar-refractivity contribution in [3.8, 4) is 5.75 Å². The summed E-state index contributed by atoms with van der Waals surface area (Å²) in [6.07, 6.45) is 5.13. The van der Waals surface area contributed by atoms with E-state index in [2.05, 4.69) is 41.4 Å². The summed E-state index contributed by atoms with van der Waals surface area (Å²) in [6.45, 7) is 6.24. The van der Waals surface area contributed by atoms with E-state index in [1.54, 1.807) is 7.11 Å². The largest absolute Gasteiger partial charge is 0.497 e. The van der Waals surface area contributed by atoms with E-state index in [1.165, 1.54) is 44.5 Å². The van der Waals surface area contributed by atoms with E-state index < -0.39 is 0 Å². The predicted molar refractivity (Wildman–Crippen MR) is 86.9 cm³/mol. The molecule has 21 heavy (non-hydrogen) atoms. The highest BCUT2D eigenvalue weighted by atomic mass is 16.5.